The lowest BCUT2D eigenvalue weighted by molar-refractivity contribution is -0.187. The predicted molar refractivity (Wildman–Crippen MR) is 101 cm³/mol. The third-order valence-electron chi connectivity index (χ3n) is 5.66. The molecule has 1 aliphatic carbocycles. The molecule has 2 atom stereocenters. The first-order chi connectivity index (χ1) is 13.3. The van der Waals surface area contributed by atoms with Crippen LogP contribution in [-0.4, -0.2) is 61.2 Å². The van der Waals surface area contributed by atoms with E-state index < -0.39 is 18.0 Å². The molecule has 156 valence electrons. The summed E-state index contributed by atoms with van der Waals surface area (Å²) in [5.74, 6) is -1.16. The number of halogens is 4. The number of carbonyl (C=O) groups is 1. The molecule has 28 heavy (non-hydrogen) atoms. The topological polar surface area (TPSA) is 32.8 Å². The van der Waals surface area contributed by atoms with E-state index in [9.17, 15) is 18.0 Å². The smallest absolute Gasteiger partial charge is 0.391 e. The van der Waals surface area contributed by atoms with Crippen molar-refractivity contribution in [2.45, 2.75) is 31.9 Å². The Hall–Kier alpha value is -1.47. The molecule has 2 aliphatic rings. The molecule has 0 N–H and O–H groups in total. The van der Waals surface area contributed by atoms with Crippen molar-refractivity contribution in [1.82, 2.24) is 9.80 Å². The number of amides is 1. The molecular formula is C20H26ClF3N2O2. The van der Waals surface area contributed by atoms with Gasteiger partial charge in [-0.1, -0.05) is 18.0 Å². The van der Waals surface area contributed by atoms with Crippen LogP contribution in [0.1, 0.15) is 25.7 Å². The summed E-state index contributed by atoms with van der Waals surface area (Å²) in [6, 6.07) is 7.18. The second kappa shape index (κ2) is 9.35. The third-order valence-corrected chi connectivity index (χ3v) is 5.91. The number of nitrogens with zero attached hydrogens (tertiary/aromatic N) is 2. The monoisotopic (exact) mass is 418 g/mol. The van der Waals surface area contributed by atoms with E-state index in [0.29, 0.717) is 50.7 Å². The van der Waals surface area contributed by atoms with E-state index in [-0.39, 0.29) is 18.7 Å². The minimum absolute atomic E-state index is 0.0581. The molecule has 0 aromatic heterocycles. The molecule has 2 fully saturated rings. The zero-order valence-electron chi connectivity index (χ0n) is 15.8. The van der Waals surface area contributed by atoms with Gasteiger partial charge in [-0.2, -0.15) is 13.2 Å². The summed E-state index contributed by atoms with van der Waals surface area (Å²) < 4.78 is 44.6. The summed E-state index contributed by atoms with van der Waals surface area (Å²) in [7, 11) is 0. The number of benzene rings is 1. The van der Waals surface area contributed by atoms with Crippen LogP contribution in [0.15, 0.2) is 24.3 Å². The fourth-order valence-corrected chi connectivity index (χ4v) is 4.11. The van der Waals surface area contributed by atoms with Gasteiger partial charge in [0.1, 0.15) is 12.4 Å². The molecule has 1 aliphatic heterocycles. The van der Waals surface area contributed by atoms with Crippen LogP contribution in [0.5, 0.6) is 5.75 Å². The molecule has 2 unspecified atom stereocenters. The van der Waals surface area contributed by atoms with Crippen LogP contribution < -0.4 is 4.74 Å². The highest BCUT2D eigenvalue weighted by atomic mass is 35.5. The number of rotatable bonds is 5. The van der Waals surface area contributed by atoms with Crippen LogP contribution in [0.2, 0.25) is 5.02 Å². The van der Waals surface area contributed by atoms with Crippen LogP contribution >= 0.6 is 11.6 Å². The summed E-state index contributed by atoms with van der Waals surface area (Å²) in [5.41, 5.74) is 0. The molecule has 1 amide bonds. The zero-order chi connectivity index (χ0) is 20.1. The molecular weight excluding hydrogens is 393 g/mol. The van der Waals surface area contributed by atoms with Crippen molar-refractivity contribution in [3.63, 3.8) is 0 Å². The maximum Gasteiger partial charge on any atom is 0.391 e. The fourth-order valence-electron chi connectivity index (χ4n) is 3.98. The second-order valence-corrected chi connectivity index (χ2v) is 8.01. The first kappa shape index (κ1) is 21.2. The first-order valence-electron chi connectivity index (χ1n) is 9.79. The maximum absolute atomic E-state index is 13.0. The van der Waals surface area contributed by atoms with Gasteiger partial charge in [-0.25, -0.2) is 0 Å². The minimum Gasteiger partial charge on any atom is -0.492 e. The van der Waals surface area contributed by atoms with Gasteiger partial charge in [-0.05, 0) is 43.5 Å². The molecule has 8 heteroatoms. The third kappa shape index (κ3) is 5.77. The molecule has 0 bridgehead atoms. The van der Waals surface area contributed by atoms with E-state index >= 15 is 0 Å². The molecule has 3 rings (SSSR count). The number of hydrogen-bond acceptors (Lipinski definition) is 3. The van der Waals surface area contributed by atoms with Crippen LogP contribution in [0.3, 0.4) is 0 Å². The van der Waals surface area contributed by atoms with Crippen LogP contribution in [0.25, 0.3) is 0 Å². The highest BCUT2D eigenvalue weighted by molar-refractivity contribution is 6.30. The van der Waals surface area contributed by atoms with Gasteiger partial charge in [-0.15, -0.1) is 0 Å². The molecule has 1 aromatic rings. The Morgan fingerprint density at radius 1 is 1.11 bits per heavy atom. The highest BCUT2D eigenvalue weighted by Gasteiger charge is 2.44. The maximum atomic E-state index is 13.0. The van der Waals surface area contributed by atoms with E-state index in [4.69, 9.17) is 16.3 Å². The average Bonchev–Trinajstić information content (AvgIpc) is 2.69. The van der Waals surface area contributed by atoms with Gasteiger partial charge in [0.25, 0.3) is 0 Å². The molecule has 1 saturated carbocycles. The summed E-state index contributed by atoms with van der Waals surface area (Å²) in [6.07, 6.45) is -3.06. The Bertz CT molecular complexity index is 646. The number of alkyl halides is 3. The number of carbonyl (C=O) groups excluding carboxylic acids is 1. The van der Waals surface area contributed by atoms with Crippen molar-refractivity contribution in [3.8, 4) is 5.75 Å². The Morgan fingerprint density at radius 2 is 1.79 bits per heavy atom. The van der Waals surface area contributed by atoms with Crippen molar-refractivity contribution in [2.75, 3.05) is 39.3 Å². The molecule has 0 radical (unpaired) electrons. The SMILES string of the molecule is O=C(C1CCCC(C(F)(F)F)C1)N1CCN(CCOc2ccc(Cl)cc2)CC1. The molecule has 4 nitrogen and oxygen atoms in total. The highest BCUT2D eigenvalue weighted by Crippen LogP contribution is 2.40. The zero-order valence-corrected chi connectivity index (χ0v) is 16.5. The van der Waals surface area contributed by atoms with Crippen molar-refractivity contribution in [1.29, 1.82) is 0 Å². The van der Waals surface area contributed by atoms with Crippen molar-refractivity contribution in [3.05, 3.63) is 29.3 Å². The van der Waals surface area contributed by atoms with Crippen molar-refractivity contribution >= 4 is 17.5 Å². The van der Waals surface area contributed by atoms with Crippen LogP contribution in [0, 0.1) is 11.8 Å². The lowest BCUT2D eigenvalue weighted by Gasteiger charge is -2.38. The van der Waals surface area contributed by atoms with E-state index in [0.717, 1.165) is 12.3 Å². The Morgan fingerprint density at radius 3 is 2.43 bits per heavy atom. The normalized spacial score (nSPS) is 24.2. The molecule has 1 saturated heterocycles. The van der Waals surface area contributed by atoms with Gasteiger partial charge in [0.2, 0.25) is 5.91 Å². The average molecular weight is 419 g/mol. The van der Waals surface area contributed by atoms with Crippen molar-refractivity contribution < 1.29 is 22.7 Å². The largest absolute Gasteiger partial charge is 0.492 e. The van der Waals surface area contributed by atoms with Gasteiger partial charge in [0.05, 0.1) is 5.92 Å². The summed E-state index contributed by atoms with van der Waals surface area (Å²) in [5, 5.41) is 0.660. The van der Waals surface area contributed by atoms with E-state index in [1.54, 1.807) is 17.0 Å². The number of ether oxygens (including phenoxy) is 1. The molecule has 1 aromatic carbocycles. The number of hydrogen-bond donors (Lipinski definition) is 0. The summed E-state index contributed by atoms with van der Waals surface area (Å²) >= 11 is 5.84. The van der Waals surface area contributed by atoms with Crippen molar-refractivity contribution in [2.24, 2.45) is 11.8 Å². The van der Waals surface area contributed by atoms with Crippen LogP contribution in [0.4, 0.5) is 13.2 Å². The van der Waals surface area contributed by atoms with Crippen LogP contribution in [-0.2, 0) is 4.79 Å². The first-order valence-corrected chi connectivity index (χ1v) is 10.2. The lowest BCUT2D eigenvalue weighted by Crippen LogP contribution is -2.51. The van der Waals surface area contributed by atoms with Gasteiger partial charge in [-0.3, -0.25) is 9.69 Å². The van der Waals surface area contributed by atoms with Gasteiger partial charge in [0, 0.05) is 43.7 Å². The quantitative estimate of drug-likeness (QED) is 0.717. The van der Waals surface area contributed by atoms with Gasteiger partial charge >= 0.3 is 6.18 Å². The summed E-state index contributed by atoms with van der Waals surface area (Å²) in [6.45, 7) is 3.83. The molecule has 1 heterocycles. The van der Waals surface area contributed by atoms with Gasteiger partial charge < -0.3 is 9.64 Å². The van der Waals surface area contributed by atoms with E-state index in [2.05, 4.69) is 4.90 Å². The fraction of sp³-hybridized carbons (Fsp3) is 0.650. The lowest BCUT2D eigenvalue weighted by atomic mass is 9.80. The standard InChI is InChI=1S/C20H26ClF3N2O2/c21-17-4-6-18(7-5-17)28-13-12-25-8-10-26(11-9-25)19(27)15-2-1-3-16(14-15)20(22,23)24/h4-7,15-16H,1-3,8-14H2. The van der Waals surface area contributed by atoms with E-state index in [1.807, 2.05) is 12.1 Å². The minimum atomic E-state index is -4.19. The molecule has 0 spiro atoms. The summed E-state index contributed by atoms with van der Waals surface area (Å²) in [4.78, 5) is 16.6. The Balaban J connectivity index is 1.39. The Labute approximate surface area is 168 Å². The predicted octanol–water partition coefficient (Wildman–Crippen LogP) is 4.23. The van der Waals surface area contributed by atoms with E-state index in [1.165, 1.54) is 0 Å². The van der Waals surface area contributed by atoms with Gasteiger partial charge in [0.15, 0.2) is 0 Å². The second-order valence-electron chi connectivity index (χ2n) is 7.57. The Kier molecular flexibility index (Phi) is 7.10. The number of piperazine rings is 1.